The molecule has 1 aromatic heterocycles. The molecule has 0 bridgehead atoms. The quantitative estimate of drug-likeness (QED) is 0.816. The summed E-state index contributed by atoms with van der Waals surface area (Å²) < 4.78 is 6.82. The predicted molar refractivity (Wildman–Crippen MR) is 66.5 cm³/mol. The van der Waals surface area contributed by atoms with Crippen molar-refractivity contribution in [2.45, 2.75) is 20.0 Å². The van der Waals surface area contributed by atoms with Gasteiger partial charge in [-0.1, -0.05) is 12.1 Å². The van der Waals surface area contributed by atoms with E-state index < -0.39 is 0 Å². The number of hydrogen-bond acceptors (Lipinski definition) is 3. The summed E-state index contributed by atoms with van der Waals surface area (Å²) in [6.07, 6.45) is 1.89. The Kier molecular flexibility index (Phi) is 3.44. The fraction of sp³-hybridized carbons (Fsp3) is 0.308. The molecule has 0 aliphatic rings. The standard InChI is InChI=1S/C13H16N2O2/c1-2-17-13(16)9-15-6-5-11-4-3-10(8-14)7-12(11)15/h3-7H,2,8-9,14H2,1H3. The van der Waals surface area contributed by atoms with E-state index in [-0.39, 0.29) is 12.5 Å². The molecule has 0 unspecified atom stereocenters. The highest BCUT2D eigenvalue weighted by molar-refractivity contribution is 5.82. The summed E-state index contributed by atoms with van der Waals surface area (Å²) in [5, 5.41) is 1.10. The smallest absolute Gasteiger partial charge is 0.325 e. The summed E-state index contributed by atoms with van der Waals surface area (Å²) >= 11 is 0. The molecule has 0 aliphatic carbocycles. The highest BCUT2D eigenvalue weighted by atomic mass is 16.5. The van der Waals surface area contributed by atoms with Crippen LogP contribution in [-0.4, -0.2) is 17.1 Å². The third kappa shape index (κ3) is 2.47. The number of hydrogen-bond donors (Lipinski definition) is 1. The molecule has 17 heavy (non-hydrogen) atoms. The van der Waals surface area contributed by atoms with Crippen LogP contribution in [0.3, 0.4) is 0 Å². The van der Waals surface area contributed by atoms with E-state index in [1.807, 2.05) is 35.0 Å². The van der Waals surface area contributed by atoms with E-state index >= 15 is 0 Å². The summed E-state index contributed by atoms with van der Waals surface area (Å²) in [5.41, 5.74) is 7.68. The van der Waals surface area contributed by atoms with Gasteiger partial charge in [0.05, 0.1) is 6.61 Å². The maximum absolute atomic E-state index is 11.4. The molecule has 0 saturated carbocycles. The van der Waals surface area contributed by atoms with Crippen LogP contribution >= 0.6 is 0 Å². The number of esters is 1. The second-order valence-electron chi connectivity index (χ2n) is 3.85. The Morgan fingerprint density at radius 2 is 2.24 bits per heavy atom. The molecule has 4 heteroatoms. The molecular weight excluding hydrogens is 216 g/mol. The van der Waals surface area contributed by atoms with E-state index in [1.165, 1.54) is 0 Å². The first-order valence-electron chi connectivity index (χ1n) is 5.68. The van der Waals surface area contributed by atoms with Crippen molar-refractivity contribution in [3.63, 3.8) is 0 Å². The number of benzene rings is 1. The van der Waals surface area contributed by atoms with Crippen molar-refractivity contribution in [2.24, 2.45) is 5.73 Å². The van der Waals surface area contributed by atoms with Gasteiger partial charge in [-0.3, -0.25) is 4.79 Å². The van der Waals surface area contributed by atoms with Gasteiger partial charge in [0.1, 0.15) is 6.54 Å². The van der Waals surface area contributed by atoms with E-state index in [0.717, 1.165) is 16.5 Å². The first kappa shape index (κ1) is 11.7. The molecule has 2 N–H and O–H groups in total. The number of nitrogens with zero attached hydrogens (tertiary/aromatic N) is 1. The lowest BCUT2D eigenvalue weighted by molar-refractivity contribution is -0.143. The lowest BCUT2D eigenvalue weighted by Gasteiger charge is -2.06. The van der Waals surface area contributed by atoms with Crippen LogP contribution < -0.4 is 5.73 Å². The van der Waals surface area contributed by atoms with Crippen LogP contribution in [-0.2, 0) is 22.6 Å². The number of aromatic nitrogens is 1. The van der Waals surface area contributed by atoms with Gasteiger partial charge in [-0.15, -0.1) is 0 Å². The molecule has 0 spiro atoms. The van der Waals surface area contributed by atoms with Crippen LogP contribution in [0.5, 0.6) is 0 Å². The van der Waals surface area contributed by atoms with Gasteiger partial charge in [0, 0.05) is 18.3 Å². The molecule has 2 aromatic rings. The van der Waals surface area contributed by atoms with Crippen molar-refractivity contribution >= 4 is 16.9 Å². The molecule has 0 radical (unpaired) electrons. The second-order valence-corrected chi connectivity index (χ2v) is 3.85. The van der Waals surface area contributed by atoms with Gasteiger partial charge in [-0.25, -0.2) is 0 Å². The SMILES string of the molecule is CCOC(=O)Cn1ccc2ccc(CN)cc21. The van der Waals surface area contributed by atoms with E-state index in [4.69, 9.17) is 10.5 Å². The van der Waals surface area contributed by atoms with Gasteiger partial charge in [0.2, 0.25) is 0 Å². The van der Waals surface area contributed by atoms with Crippen molar-refractivity contribution in [2.75, 3.05) is 6.61 Å². The van der Waals surface area contributed by atoms with E-state index in [9.17, 15) is 4.79 Å². The summed E-state index contributed by atoms with van der Waals surface area (Å²) in [5.74, 6) is -0.219. The number of carbonyl (C=O) groups excluding carboxylic acids is 1. The number of rotatable bonds is 4. The van der Waals surface area contributed by atoms with Crippen LogP contribution in [0, 0.1) is 0 Å². The number of fused-ring (bicyclic) bond motifs is 1. The fourth-order valence-electron chi connectivity index (χ4n) is 1.84. The monoisotopic (exact) mass is 232 g/mol. The summed E-state index contributed by atoms with van der Waals surface area (Å²) in [6.45, 7) is 2.95. The Bertz CT molecular complexity index is 531. The Morgan fingerprint density at radius 3 is 2.94 bits per heavy atom. The third-order valence-corrected chi connectivity index (χ3v) is 2.68. The van der Waals surface area contributed by atoms with Crippen LogP contribution in [0.4, 0.5) is 0 Å². The van der Waals surface area contributed by atoms with E-state index in [1.54, 1.807) is 6.92 Å². The topological polar surface area (TPSA) is 57.2 Å². The number of nitrogens with two attached hydrogens (primary N) is 1. The molecule has 1 aromatic carbocycles. The minimum atomic E-state index is -0.219. The zero-order valence-electron chi connectivity index (χ0n) is 9.85. The zero-order valence-corrected chi connectivity index (χ0v) is 9.85. The number of ether oxygens (including phenoxy) is 1. The first-order chi connectivity index (χ1) is 8.24. The second kappa shape index (κ2) is 5.01. The highest BCUT2D eigenvalue weighted by Gasteiger charge is 2.07. The third-order valence-electron chi connectivity index (χ3n) is 2.68. The molecule has 90 valence electrons. The van der Waals surface area contributed by atoms with Crippen molar-refractivity contribution in [1.29, 1.82) is 0 Å². The van der Waals surface area contributed by atoms with Crippen LogP contribution in [0.2, 0.25) is 0 Å². The Balaban J connectivity index is 2.30. The zero-order chi connectivity index (χ0) is 12.3. The minimum Gasteiger partial charge on any atom is -0.465 e. The maximum Gasteiger partial charge on any atom is 0.325 e. The number of carbonyl (C=O) groups is 1. The van der Waals surface area contributed by atoms with Gasteiger partial charge >= 0.3 is 5.97 Å². The minimum absolute atomic E-state index is 0.219. The van der Waals surface area contributed by atoms with E-state index in [2.05, 4.69) is 0 Å². The Morgan fingerprint density at radius 1 is 1.41 bits per heavy atom. The highest BCUT2D eigenvalue weighted by Crippen LogP contribution is 2.17. The van der Waals surface area contributed by atoms with Gasteiger partial charge in [-0.05, 0) is 30.0 Å². The molecule has 0 amide bonds. The molecule has 2 rings (SSSR count). The van der Waals surface area contributed by atoms with Gasteiger partial charge in [0.15, 0.2) is 0 Å². The average Bonchev–Trinajstić information content (AvgIpc) is 2.72. The van der Waals surface area contributed by atoms with Crippen LogP contribution in [0.1, 0.15) is 12.5 Å². The lowest BCUT2D eigenvalue weighted by Crippen LogP contribution is -2.12. The first-order valence-corrected chi connectivity index (χ1v) is 5.68. The molecule has 1 heterocycles. The molecule has 0 atom stereocenters. The van der Waals surface area contributed by atoms with E-state index in [0.29, 0.717) is 13.2 Å². The summed E-state index contributed by atoms with van der Waals surface area (Å²) in [7, 11) is 0. The van der Waals surface area contributed by atoms with Crippen molar-refractivity contribution in [1.82, 2.24) is 4.57 Å². The molecular formula is C13H16N2O2. The molecule has 0 fully saturated rings. The van der Waals surface area contributed by atoms with Crippen LogP contribution in [0.25, 0.3) is 10.9 Å². The summed E-state index contributed by atoms with van der Waals surface area (Å²) in [6, 6.07) is 8.00. The Labute approximate surface area is 100.0 Å². The maximum atomic E-state index is 11.4. The van der Waals surface area contributed by atoms with Crippen molar-refractivity contribution in [3.05, 3.63) is 36.0 Å². The largest absolute Gasteiger partial charge is 0.465 e. The fourth-order valence-corrected chi connectivity index (χ4v) is 1.84. The lowest BCUT2D eigenvalue weighted by atomic mass is 10.1. The molecule has 0 aliphatic heterocycles. The van der Waals surface area contributed by atoms with Crippen LogP contribution in [0.15, 0.2) is 30.5 Å². The van der Waals surface area contributed by atoms with Gasteiger partial charge < -0.3 is 15.0 Å². The van der Waals surface area contributed by atoms with Gasteiger partial charge in [0.25, 0.3) is 0 Å². The van der Waals surface area contributed by atoms with Crippen molar-refractivity contribution in [3.8, 4) is 0 Å². The normalized spacial score (nSPS) is 10.7. The summed E-state index contributed by atoms with van der Waals surface area (Å²) in [4.78, 5) is 11.4. The predicted octanol–water partition coefficient (Wildman–Crippen LogP) is 1.66. The Hall–Kier alpha value is -1.81. The molecule has 0 saturated heterocycles. The molecule has 4 nitrogen and oxygen atoms in total. The average molecular weight is 232 g/mol. The van der Waals surface area contributed by atoms with Crippen molar-refractivity contribution < 1.29 is 9.53 Å². The van der Waals surface area contributed by atoms with Gasteiger partial charge in [-0.2, -0.15) is 0 Å².